The molecule has 0 aliphatic carbocycles. The van der Waals surface area contributed by atoms with Crippen LogP contribution in [0.15, 0.2) is 22.9 Å². The summed E-state index contributed by atoms with van der Waals surface area (Å²) in [4.78, 5) is 31.9. The molecule has 2 heterocycles. The summed E-state index contributed by atoms with van der Waals surface area (Å²) >= 11 is 4.31. The highest BCUT2D eigenvalue weighted by molar-refractivity contribution is 9.10. The molecule has 0 aliphatic heterocycles. The van der Waals surface area contributed by atoms with Crippen LogP contribution in [-0.4, -0.2) is 29.0 Å². The number of ether oxygens (including phenoxy) is 1. The Morgan fingerprint density at radius 2 is 2.15 bits per heavy atom. The minimum Gasteiger partial charge on any atom is -0.465 e. The van der Waals surface area contributed by atoms with Crippen molar-refractivity contribution in [3.63, 3.8) is 0 Å². The van der Waals surface area contributed by atoms with Crippen molar-refractivity contribution in [3.8, 4) is 0 Å². The zero-order valence-electron chi connectivity index (χ0n) is 10.6. The van der Waals surface area contributed by atoms with Crippen LogP contribution < -0.4 is 5.32 Å². The van der Waals surface area contributed by atoms with E-state index >= 15 is 0 Å². The Morgan fingerprint density at radius 3 is 2.80 bits per heavy atom. The van der Waals surface area contributed by atoms with Gasteiger partial charge in [-0.05, 0) is 28.9 Å². The van der Waals surface area contributed by atoms with Crippen LogP contribution in [0.4, 0.5) is 5.13 Å². The lowest BCUT2D eigenvalue weighted by molar-refractivity contribution is 0.0605. The third-order valence-corrected chi connectivity index (χ3v) is 3.84. The maximum Gasteiger partial charge on any atom is 0.350 e. The molecule has 0 radical (unpaired) electrons. The standard InChI is InChI=1S/C12H10BrN3O3S/c1-6-9(11(18)19-2)20-12(15-6)16-10(17)7-3-8(13)5-14-4-7/h3-5H,1-2H3,(H,15,16,17). The summed E-state index contributed by atoms with van der Waals surface area (Å²) in [5.41, 5.74) is 0.913. The van der Waals surface area contributed by atoms with Crippen molar-refractivity contribution in [1.82, 2.24) is 9.97 Å². The Balaban J connectivity index is 2.18. The summed E-state index contributed by atoms with van der Waals surface area (Å²) in [5, 5.41) is 2.97. The number of rotatable bonds is 3. The van der Waals surface area contributed by atoms with Crippen molar-refractivity contribution >= 4 is 44.3 Å². The number of esters is 1. The van der Waals surface area contributed by atoms with E-state index in [4.69, 9.17) is 0 Å². The Labute approximate surface area is 127 Å². The molecule has 0 aliphatic rings. The summed E-state index contributed by atoms with van der Waals surface area (Å²) < 4.78 is 5.34. The molecule has 2 aromatic heterocycles. The number of amides is 1. The smallest absolute Gasteiger partial charge is 0.350 e. The van der Waals surface area contributed by atoms with Gasteiger partial charge in [-0.2, -0.15) is 0 Å². The normalized spacial score (nSPS) is 10.2. The first-order chi connectivity index (χ1) is 9.51. The van der Waals surface area contributed by atoms with E-state index in [2.05, 4.69) is 36.0 Å². The average molecular weight is 356 g/mol. The maximum absolute atomic E-state index is 12.0. The zero-order chi connectivity index (χ0) is 14.7. The minimum absolute atomic E-state index is 0.341. The third kappa shape index (κ3) is 3.20. The van der Waals surface area contributed by atoms with E-state index < -0.39 is 5.97 Å². The van der Waals surface area contributed by atoms with E-state index in [1.165, 1.54) is 13.3 Å². The van der Waals surface area contributed by atoms with Gasteiger partial charge in [0, 0.05) is 16.9 Å². The summed E-state index contributed by atoms with van der Waals surface area (Å²) in [6.45, 7) is 1.68. The topological polar surface area (TPSA) is 81.2 Å². The van der Waals surface area contributed by atoms with Crippen molar-refractivity contribution in [2.45, 2.75) is 6.92 Å². The molecular formula is C12H10BrN3O3S. The van der Waals surface area contributed by atoms with Crippen molar-refractivity contribution in [1.29, 1.82) is 0 Å². The van der Waals surface area contributed by atoms with Gasteiger partial charge in [-0.1, -0.05) is 11.3 Å². The van der Waals surface area contributed by atoms with Gasteiger partial charge in [-0.25, -0.2) is 9.78 Å². The number of halogens is 1. The van der Waals surface area contributed by atoms with Crippen molar-refractivity contribution in [2.24, 2.45) is 0 Å². The lowest BCUT2D eigenvalue weighted by Crippen LogP contribution is -2.11. The summed E-state index contributed by atoms with van der Waals surface area (Å²) in [7, 11) is 1.30. The number of aromatic nitrogens is 2. The van der Waals surface area contributed by atoms with Crippen LogP contribution in [0, 0.1) is 6.92 Å². The van der Waals surface area contributed by atoms with Gasteiger partial charge in [0.05, 0.1) is 18.4 Å². The Bertz CT molecular complexity index is 672. The lowest BCUT2D eigenvalue weighted by Gasteiger charge is -2.01. The molecule has 1 amide bonds. The van der Waals surface area contributed by atoms with Gasteiger partial charge < -0.3 is 4.74 Å². The first-order valence-corrected chi connectivity index (χ1v) is 7.10. The number of pyridine rings is 1. The number of methoxy groups -OCH3 is 1. The predicted octanol–water partition coefficient (Wildman–Crippen LogP) is 2.65. The van der Waals surface area contributed by atoms with Gasteiger partial charge in [0.1, 0.15) is 4.88 Å². The van der Waals surface area contributed by atoms with E-state index in [1.54, 1.807) is 19.2 Å². The summed E-state index contributed by atoms with van der Waals surface area (Å²) in [5.74, 6) is -0.811. The van der Waals surface area contributed by atoms with Crippen LogP contribution in [0.1, 0.15) is 25.7 Å². The molecule has 0 spiro atoms. The second-order valence-corrected chi connectivity index (χ2v) is 5.69. The highest BCUT2D eigenvalue weighted by Gasteiger charge is 2.17. The first kappa shape index (κ1) is 14.6. The number of nitrogens with one attached hydrogen (secondary N) is 1. The zero-order valence-corrected chi connectivity index (χ0v) is 13.0. The largest absolute Gasteiger partial charge is 0.465 e. The SMILES string of the molecule is COC(=O)c1sc(NC(=O)c2cncc(Br)c2)nc1C. The van der Waals surface area contributed by atoms with E-state index in [0.29, 0.717) is 25.7 Å². The van der Waals surface area contributed by atoms with Gasteiger partial charge in [0.15, 0.2) is 5.13 Å². The predicted molar refractivity (Wildman–Crippen MR) is 78.1 cm³/mol. The molecule has 0 fully saturated rings. The molecule has 0 saturated carbocycles. The molecule has 20 heavy (non-hydrogen) atoms. The van der Waals surface area contributed by atoms with Crippen molar-refractivity contribution < 1.29 is 14.3 Å². The molecule has 8 heteroatoms. The van der Waals surface area contributed by atoms with Crippen LogP contribution in [0.3, 0.4) is 0 Å². The number of aryl methyl sites for hydroxylation is 1. The molecule has 2 rings (SSSR count). The first-order valence-electron chi connectivity index (χ1n) is 5.49. The summed E-state index contributed by atoms with van der Waals surface area (Å²) in [6, 6.07) is 1.64. The number of nitrogens with zero attached hydrogens (tertiary/aromatic N) is 2. The van der Waals surface area contributed by atoms with Crippen LogP contribution >= 0.6 is 27.3 Å². The fraction of sp³-hybridized carbons (Fsp3) is 0.167. The highest BCUT2D eigenvalue weighted by Crippen LogP contribution is 2.23. The molecule has 0 unspecified atom stereocenters. The summed E-state index contributed by atoms with van der Waals surface area (Å²) in [6.07, 6.45) is 3.03. The molecule has 0 aromatic carbocycles. The maximum atomic E-state index is 12.0. The molecule has 2 aromatic rings. The number of thiazole rings is 1. The van der Waals surface area contributed by atoms with E-state index in [-0.39, 0.29) is 5.91 Å². The van der Waals surface area contributed by atoms with Crippen molar-refractivity contribution in [3.05, 3.63) is 39.1 Å². The average Bonchev–Trinajstić information content (AvgIpc) is 2.78. The monoisotopic (exact) mass is 355 g/mol. The minimum atomic E-state index is -0.468. The van der Waals surface area contributed by atoms with Gasteiger partial charge in [0.2, 0.25) is 0 Å². The van der Waals surface area contributed by atoms with Crippen LogP contribution in [0.25, 0.3) is 0 Å². The Morgan fingerprint density at radius 1 is 1.40 bits per heavy atom. The second kappa shape index (κ2) is 6.10. The number of carbonyl (C=O) groups excluding carboxylic acids is 2. The van der Waals surface area contributed by atoms with Crippen LogP contribution in [-0.2, 0) is 4.74 Å². The van der Waals surface area contributed by atoms with Gasteiger partial charge in [0.25, 0.3) is 5.91 Å². The Hall–Kier alpha value is -1.80. The van der Waals surface area contributed by atoms with Crippen LogP contribution in [0.5, 0.6) is 0 Å². The van der Waals surface area contributed by atoms with Gasteiger partial charge >= 0.3 is 5.97 Å². The third-order valence-electron chi connectivity index (χ3n) is 2.35. The number of hydrogen-bond donors (Lipinski definition) is 1. The molecule has 1 N–H and O–H groups in total. The Kier molecular flexibility index (Phi) is 4.46. The quantitative estimate of drug-likeness (QED) is 0.855. The van der Waals surface area contributed by atoms with Gasteiger partial charge in [-0.3, -0.25) is 15.1 Å². The van der Waals surface area contributed by atoms with E-state index in [9.17, 15) is 9.59 Å². The molecule has 0 saturated heterocycles. The van der Waals surface area contributed by atoms with E-state index in [0.717, 1.165) is 11.3 Å². The molecule has 0 bridgehead atoms. The van der Waals surface area contributed by atoms with E-state index in [1.807, 2.05) is 0 Å². The van der Waals surface area contributed by atoms with Gasteiger partial charge in [-0.15, -0.1) is 0 Å². The molecule has 0 atom stereocenters. The van der Waals surface area contributed by atoms with Crippen LogP contribution in [0.2, 0.25) is 0 Å². The second-order valence-electron chi connectivity index (χ2n) is 3.77. The fourth-order valence-electron chi connectivity index (χ4n) is 1.44. The molecular weight excluding hydrogens is 346 g/mol. The number of carbonyl (C=O) groups is 2. The molecule has 6 nitrogen and oxygen atoms in total. The lowest BCUT2D eigenvalue weighted by atomic mass is 10.3. The van der Waals surface area contributed by atoms with Crippen molar-refractivity contribution in [2.75, 3.05) is 12.4 Å². The highest BCUT2D eigenvalue weighted by atomic mass is 79.9. The molecule has 104 valence electrons. The fourth-order valence-corrected chi connectivity index (χ4v) is 2.68. The number of anilines is 1. The number of hydrogen-bond acceptors (Lipinski definition) is 6.